The molecule has 0 aliphatic rings. The van der Waals surface area contributed by atoms with Gasteiger partial charge in [-0.25, -0.2) is 0 Å². The SMILES string of the molecule is CCO[C@H](C)COS(C)(=O)=O. The zero-order valence-corrected chi connectivity index (χ0v) is 7.85. The lowest BCUT2D eigenvalue weighted by Gasteiger charge is -2.09. The fraction of sp³-hybridized carbons (Fsp3) is 1.00. The maximum Gasteiger partial charge on any atom is 0.264 e. The lowest BCUT2D eigenvalue weighted by Crippen LogP contribution is -2.18. The Bertz CT molecular complexity index is 185. The first-order valence-electron chi connectivity index (χ1n) is 3.41. The molecule has 0 N–H and O–H groups in total. The molecule has 0 spiro atoms. The third-order valence-electron chi connectivity index (χ3n) is 0.968. The van der Waals surface area contributed by atoms with E-state index in [4.69, 9.17) is 4.74 Å². The third kappa shape index (κ3) is 7.77. The van der Waals surface area contributed by atoms with Gasteiger partial charge >= 0.3 is 0 Å². The van der Waals surface area contributed by atoms with Crippen LogP contribution in [-0.4, -0.2) is 34.0 Å². The monoisotopic (exact) mass is 182 g/mol. The summed E-state index contributed by atoms with van der Waals surface area (Å²) in [5.74, 6) is 0. The van der Waals surface area contributed by atoms with Crippen LogP contribution < -0.4 is 0 Å². The van der Waals surface area contributed by atoms with Gasteiger partial charge in [0.25, 0.3) is 10.1 Å². The second-order valence-corrected chi connectivity index (χ2v) is 3.90. The first kappa shape index (κ1) is 10.9. The van der Waals surface area contributed by atoms with Crippen LogP contribution in [0.15, 0.2) is 0 Å². The van der Waals surface area contributed by atoms with E-state index in [0.29, 0.717) is 6.61 Å². The summed E-state index contributed by atoms with van der Waals surface area (Å²) in [5, 5.41) is 0. The molecular formula is C6H14O4S. The Morgan fingerprint density at radius 1 is 1.45 bits per heavy atom. The summed E-state index contributed by atoms with van der Waals surface area (Å²) in [6, 6.07) is 0. The van der Waals surface area contributed by atoms with E-state index in [-0.39, 0.29) is 12.7 Å². The van der Waals surface area contributed by atoms with Crippen molar-refractivity contribution in [3.05, 3.63) is 0 Å². The smallest absolute Gasteiger partial charge is 0.264 e. The first-order valence-corrected chi connectivity index (χ1v) is 5.23. The highest BCUT2D eigenvalue weighted by Crippen LogP contribution is 1.94. The van der Waals surface area contributed by atoms with E-state index in [1.54, 1.807) is 6.92 Å². The van der Waals surface area contributed by atoms with E-state index < -0.39 is 10.1 Å². The summed E-state index contributed by atoms with van der Waals surface area (Å²) in [6.07, 6.45) is 0.848. The number of hydrogen-bond acceptors (Lipinski definition) is 4. The minimum absolute atomic E-state index is 0.0900. The largest absolute Gasteiger partial charge is 0.376 e. The van der Waals surface area contributed by atoms with Crippen molar-refractivity contribution in [3.63, 3.8) is 0 Å². The molecule has 0 unspecified atom stereocenters. The molecule has 0 bridgehead atoms. The van der Waals surface area contributed by atoms with E-state index in [0.717, 1.165) is 6.26 Å². The summed E-state index contributed by atoms with van der Waals surface area (Å²) in [7, 11) is -3.32. The molecule has 4 nitrogen and oxygen atoms in total. The Labute approximate surface area is 67.6 Å². The molecule has 0 fully saturated rings. The molecule has 0 aromatic heterocycles. The van der Waals surface area contributed by atoms with Crippen molar-refractivity contribution in [3.8, 4) is 0 Å². The van der Waals surface area contributed by atoms with E-state index in [9.17, 15) is 8.42 Å². The minimum atomic E-state index is -3.32. The molecule has 0 saturated carbocycles. The molecule has 0 amide bonds. The molecule has 0 aliphatic carbocycles. The first-order chi connectivity index (χ1) is 4.95. The molecule has 5 heteroatoms. The van der Waals surface area contributed by atoms with Crippen LogP contribution in [0.5, 0.6) is 0 Å². The number of hydrogen-bond donors (Lipinski definition) is 0. The van der Waals surface area contributed by atoms with Crippen LogP contribution in [0, 0.1) is 0 Å². The number of rotatable bonds is 5. The summed E-state index contributed by atoms with van der Waals surface area (Å²) in [6.45, 7) is 4.26. The molecule has 0 heterocycles. The summed E-state index contributed by atoms with van der Waals surface area (Å²) < 4.78 is 30.5. The summed E-state index contributed by atoms with van der Waals surface area (Å²) in [4.78, 5) is 0. The topological polar surface area (TPSA) is 52.6 Å². The average Bonchev–Trinajstić information content (AvgIpc) is 1.83. The van der Waals surface area contributed by atoms with Crippen molar-refractivity contribution in [2.24, 2.45) is 0 Å². The van der Waals surface area contributed by atoms with Gasteiger partial charge in [-0.15, -0.1) is 0 Å². The fourth-order valence-corrected chi connectivity index (χ4v) is 0.991. The minimum Gasteiger partial charge on any atom is -0.376 e. The summed E-state index contributed by atoms with van der Waals surface area (Å²) >= 11 is 0. The Kier molecular flexibility index (Phi) is 4.63. The molecule has 1 atom stereocenters. The highest BCUT2D eigenvalue weighted by Gasteiger charge is 2.06. The Balaban J connectivity index is 3.54. The van der Waals surface area contributed by atoms with Gasteiger partial charge in [0.2, 0.25) is 0 Å². The maximum absolute atomic E-state index is 10.5. The van der Waals surface area contributed by atoms with Crippen LogP contribution in [-0.2, 0) is 19.0 Å². The van der Waals surface area contributed by atoms with Crippen LogP contribution in [0.1, 0.15) is 13.8 Å². The van der Waals surface area contributed by atoms with Crippen LogP contribution in [0.25, 0.3) is 0 Å². The van der Waals surface area contributed by atoms with Gasteiger partial charge in [-0.3, -0.25) is 4.18 Å². The van der Waals surface area contributed by atoms with Crippen molar-refractivity contribution in [2.45, 2.75) is 20.0 Å². The van der Waals surface area contributed by atoms with Crippen molar-refractivity contribution in [2.75, 3.05) is 19.5 Å². The quantitative estimate of drug-likeness (QED) is 0.577. The van der Waals surface area contributed by atoms with E-state index in [2.05, 4.69) is 4.18 Å². The normalized spacial score (nSPS) is 14.8. The Morgan fingerprint density at radius 2 is 2.00 bits per heavy atom. The fourth-order valence-electron chi connectivity index (χ4n) is 0.552. The third-order valence-corrected chi connectivity index (χ3v) is 1.53. The van der Waals surface area contributed by atoms with Crippen molar-refractivity contribution in [1.82, 2.24) is 0 Å². The molecular weight excluding hydrogens is 168 g/mol. The van der Waals surface area contributed by atoms with Gasteiger partial charge in [-0.05, 0) is 13.8 Å². The number of ether oxygens (including phenoxy) is 1. The van der Waals surface area contributed by atoms with Gasteiger partial charge in [0.15, 0.2) is 0 Å². The lowest BCUT2D eigenvalue weighted by molar-refractivity contribution is 0.0423. The second-order valence-electron chi connectivity index (χ2n) is 2.25. The molecule has 68 valence electrons. The van der Waals surface area contributed by atoms with Gasteiger partial charge in [-0.1, -0.05) is 0 Å². The van der Waals surface area contributed by atoms with Gasteiger partial charge in [0.1, 0.15) is 0 Å². The van der Waals surface area contributed by atoms with Crippen molar-refractivity contribution >= 4 is 10.1 Å². The predicted octanol–water partition coefficient (Wildman–Crippen LogP) is 0.388. The molecule has 11 heavy (non-hydrogen) atoms. The molecule has 0 aliphatic heterocycles. The van der Waals surface area contributed by atoms with E-state index in [1.807, 2.05) is 6.92 Å². The van der Waals surface area contributed by atoms with Crippen LogP contribution in [0.3, 0.4) is 0 Å². The van der Waals surface area contributed by atoms with Gasteiger partial charge in [-0.2, -0.15) is 8.42 Å². The standard InChI is InChI=1S/C6H14O4S/c1-4-9-6(2)5-10-11(3,7)8/h6H,4-5H2,1-3H3/t6-/m1/s1. The van der Waals surface area contributed by atoms with Gasteiger partial charge in [0, 0.05) is 6.61 Å². The summed E-state index contributed by atoms with van der Waals surface area (Å²) in [5.41, 5.74) is 0. The van der Waals surface area contributed by atoms with Gasteiger partial charge < -0.3 is 4.74 Å². The van der Waals surface area contributed by atoms with E-state index >= 15 is 0 Å². The van der Waals surface area contributed by atoms with Crippen molar-refractivity contribution in [1.29, 1.82) is 0 Å². The Morgan fingerprint density at radius 3 is 2.36 bits per heavy atom. The average molecular weight is 182 g/mol. The molecule has 0 radical (unpaired) electrons. The van der Waals surface area contributed by atoms with Crippen molar-refractivity contribution < 1.29 is 17.3 Å². The molecule has 0 saturated heterocycles. The van der Waals surface area contributed by atoms with E-state index in [1.165, 1.54) is 0 Å². The van der Waals surface area contributed by atoms with Gasteiger partial charge in [0.05, 0.1) is 19.0 Å². The highest BCUT2D eigenvalue weighted by molar-refractivity contribution is 7.85. The highest BCUT2D eigenvalue weighted by atomic mass is 32.2. The van der Waals surface area contributed by atoms with Crippen LogP contribution in [0.2, 0.25) is 0 Å². The Hall–Kier alpha value is -0.130. The zero-order chi connectivity index (χ0) is 8.91. The molecule has 0 rings (SSSR count). The molecule has 0 aromatic carbocycles. The lowest BCUT2D eigenvalue weighted by atomic mass is 10.4. The zero-order valence-electron chi connectivity index (χ0n) is 7.03. The van der Waals surface area contributed by atoms with Crippen LogP contribution in [0.4, 0.5) is 0 Å². The molecule has 0 aromatic rings. The predicted molar refractivity (Wildman–Crippen MR) is 41.9 cm³/mol. The second kappa shape index (κ2) is 4.69. The maximum atomic E-state index is 10.5. The van der Waals surface area contributed by atoms with Crippen LogP contribution >= 0.6 is 0 Å².